The minimum absolute atomic E-state index is 0.250. The lowest BCUT2D eigenvalue weighted by atomic mass is 10.1. The largest absolute Gasteiger partial charge is 0.500 e. The van der Waals surface area contributed by atoms with Crippen LogP contribution in [0, 0.1) is 0 Å². The van der Waals surface area contributed by atoms with Crippen molar-refractivity contribution in [2.24, 2.45) is 0 Å². The van der Waals surface area contributed by atoms with Gasteiger partial charge in [-0.1, -0.05) is 39.0 Å². The summed E-state index contributed by atoms with van der Waals surface area (Å²) in [5, 5.41) is 7.57. The van der Waals surface area contributed by atoms with Crippen LogP contribution in [0.15, 0.2) is 0 Å². The van der Waals surface area contributed by atoms with Gasteiger partial charge in [0.2, 0.25) is 0 Å². The standard InChI is InChI=1S/C11H26O3Si.C2H6O/c1-5-6-7-8-9-10-11-15(12-2,13-3)14-4;1-2-3/h5-11H2,1-4H3;3H,2H2,1H3. The molecule has 0 heterocycles. The molecular formula is C13H32O4Si. The Morgan fingerprint density at radius 2 is 1.17 bits per heavy atom. The van der Waals surface area contributed by atoms with Crippen molar-refractivity contribution < 1.29 is 18.4 Å². The second-order valence-electron chi connectivity index (χ2n) is 4.13. The summed E-state index contributed by atoms with van der Waals surface area (Å²) in [5.41, 5.74) is 0. The van der Waals surface area contributed by atoms with E-state index in [0.717, 1.165) is 12.5 Å². The Morgan fingerprint density at radius 1 is 0.778 bits per heavy atom. The van der Waals surface area contributed by atoms with Crippen LogP contribution in [0.2, 0.25) is 6.04 Å². The Hall–Kier alpha value is 0.0569. The van der Waals surface area contributed by atoms with E-state index < -0.39 is 8.80 Å². The molecule has 0 saturated heterocycles. The van der Waals surface area contributed by atoms with Gasteiger partial charge in [0.05, 0.1) is 0 Å². The number of unbranched alkanes of at least 4 members (excludes halogenated alkanes) is 5. The molecule has 0 spiro atoms. The maximum absolute atomic E-state index is 7.57. The van der Waals surface area contributed by atoms with E-state index in [1.54, 1.807) is 28.3 Å². The summed E-state index contributed by atoms with van der Waals surface area (Å²) >= 11 is 0. The van der Waals surface area contributed by atoms with Gasteiger partial charge < -0.3 is 18.4 Å². The molecule has 0 unspecified atom stereocenters. The highest BCUT2D eigenvalue weighted by Gasteiger charge is 2.36. The lowest BCUT2D eigenvalue weighted by molar-refractivity contribution is 0.122. The Kier molecular flexibility index (Phi) is 17.1. The maximum atomic E-state index is 7.57. The average molecular weight is 280 g/mol. The van der Waals surface area contributed by atoms with E-state index in [0.29, 0.717) is 0 Å². The van der Waals surface area contributed by atoms with Gasteiger partial charge >= 0.3 is 8.80 Å². The van der Waals surface area contributed by atoms with Gasteiger partial charge in [-0.2, -0.15) is 0 Å². The second-order valence-corrected chi connectivity index (χ2v) is 7.22. The quantitative estimate of drug-likeness (QED) is 0.493. The monoisotopic (exact) mass is 280 g/mol. The van der Waals surface area contributed by atoms with Crippen LogP contribution < -0.4 is 0 Å². The van der Waals surface area contributed by atoms with Gasteiger partial charge in [0.15, 0.2) is 0 Å². The Morgan fingerprint density at radius 3 is 1.56 bits per heavy atom. The highest BCUT2D eigenvalue weighted by atomic mass is 28.4. The van der Waals surface area contributed by atoms with Crippen molar-refractivity contribution in [2.75, 3.05) is 27.9 Å². The highest BCUT2D eigenvalue weighted by Crippen LogP contribution is 2.17. The molecule has 0 amide bonds. The Labute approximate surface area is 114 Å². The van der Waals surface area contributed by atoms with Crippen molar-refractivity contribution in [3.63, 3.8) is 0 Å². The van der Waals surface area contributed by atoms with Crippen LogP contribution in [0.4, 0.5) is 0 Å². The molecule has 0 atom stereocenters. The number of rotatable bonds is 10. The molecule has 5 heteroatoms. The van der Waals surface area contributed by atoms with Crippen LogP contribution in [0.5, 0.6) is 0 Å². The number of aliphatic hydroxyl groups is 1. The average Bonchev–Trinajstić information content (AvgIpc) is 2.40. The fourth-order valence-electron chi connectivity index (χ4n) is 1.68. The Bertz CT molecular complexity index is 144. The molecule has 0 saturated carbocycles. The lowest BCUT2D eigenvalue weighted by Crippen LogP contribution is -2.42. The molecule has 0 aromatic carbocycles. The molecule has 1 N–H and O–H groups in total. The van der Waals surface area contributed by atoms with Crippen LogP contribution in [-0.4, -0.2) is 41.8 Å². The first-order chi connectivity index (χ1) is 8.66. The fraction of sp³-hybridized carbons (Fsp3) is 1.00. The fourth-order valence-corrected chi connectivity index (χ4v) is 3.47. The van der Waals surface area contributed by atoms with Gasteiger partial charge in [-0.3, -0.25) is 0 Å². The zero-order valence-corrected chi connectivity index (χ0v) is 13.8. The van der Waals surface area contributed by atoms with E-state index >= 15 is 0 Å². The molecule has 0 bridgehead atoms. The highest BCUT2D eigenvalue weighted by molar-refractivity contribution is 6.60. The van der Waals surface area contributed by atoms with Crippen LogP contribution in [0.25, 0.3) is 0 Å². The number of hydrogen-bond donors (Lipinski definition) is 1. The third kappa shape index (κ3) is 11.2. The number of aliphatic hydroxyl groups excluding tert-OH is 1. The minimum Gasteiger partial charge on any atom is -0.397 e. The molecule has 0 aromatic heterocycles. The maximum Gasteiger partial charge on any atom is 0.500 e. The summed E-state index contributed by atoms with van der Waals surface area (Å²) in [6.07, 6.45) is 7.71. The second kappa shape index (κ2) is 15.1. The van der Waals surface area contributed by atoms with Crippen LogP contribution in [-0.2, 0) is 13.3 Å². The molecule has 112 valence electrons. The van der Waals surface area contributed by atoms with E-state index in [4.69, 9.17) is 18.4 Å². The van der Waals surface area contributed by atoms with Crippen molar-refractivity contribution in [3.8, 4) is 0 Å². The molecule has 0 aromatic rings. The first-order valence-corrected chi connectivity index (χ1v) is 8.85. The summed E-state index contributed by atoms with van der Waals surface area (Å²) in [7, 11) is 2.74. The van der Waals surface area contributed by atoms with E-state index in [1.807, 2.05) is 0 Å². The zero-order chi connectivity index (χ0) is 14.3. The first-order valence-electron chi connectivity index (χ1n) is 6.92. The van der Waals surface area contributed by atoms with Crippen molar-refractivity contribution in [1.29, 1.82) is 0 Å². The van der Waals surface area contributed by atoms with E-state index in [9.17, 15) is 0 Å². The van der Waals surface area contributed by atoms with Crippen LogP contribution in [0.3, 0.4) is 0 Å². The SMILES string of the molecule is CCCCCCCC[Si](OC)(OC)OC.CCO. The smallest absolute Gasteiger partial charge is 0.397 e. The minimum atomic E-state index is -2.29. The van der Waals surface area contributed by atoms with Gasteiger partial charge in [-0.15, -0.1) is 0 Å². The summed E-state index contributed by atoms with van der Waals surface area (Å²) < 4.78 is 16.1. The molecular weight excluding hydrogens is 248 g/mol. The molecule has 0 fully saturated rings. The van der Waals surface area contributed by atoms with Crippen molar-refractivity contribution in [1.82, 2.24) is 0 Å². The first kappa shape index (κ1) is 20.4. The zero-order valence-electron chi connectivity index (χ0n) is 12.8. The van der Waals surface area contributed by atoms with Gasteiger partial charge in [0.25, 0.3) is 0 Å². The van der Waals surface area contributed by atoms with E-state index in [-0.39, 0.29) is 6.61 Å². The topological polar surface area (TPSA) is 47.9 Å². The molecule has 0 aliphatic rings. The molecule has 0 aliphatic carbocycles. The third-order valence-electron chi connectivity index (χ3n) is 2.77. The molecule has 0 radical (unpaired) electrons. The molecule has 18 heavy (non-hydrogen) atoms. The van der Waals surface area contributed by atoms with Gasteiger partial charge in [-0.25, -0.2) is 0 Å². The van der Waals surface area contributed by atoms with Crippen molar-refractivity contribution in [3.05, 3.63) is 0 Å². The normalized spacial score (nSPS) is 11.0. The third-order valence-corrected chi connectivity index (χ3v) is 5.60. The molecule has 4 nitrogen and oxygen atoms in total. The predicted octanol–water partition coefficient (Wildman–Crippen LogP) is 3.22. The summed E-state index contributed by atoms with van der Waals surface area (Å²) in [5.74, 6) is 0. The van der Waals surface area contributed by atoms with Gasteiger partial charge in [0, 0.05) is 34.0 Å². The van der Waals surface area contributed by atoms with Crippen LogP contribution in [0.1, 0.15) is 52.4 Å². The predicted molar refractivity (Wildman–Crippen MR) is 77.7 cm³/mol. The van der Waals surface area contributed by atoms with Gasteiger partial charge in [0.1, 0.15) is 0 Å². The summed E-state index contributed by atoms with van der Waals surface area (Å²) in [4.78, 5) is 0. The number of hydrogen-bond acceptors (Lipinski definition) is 4. The van der Waals surface area contributed by atoms with E-state index in [1.165, 1.54) is 32.1 Å². The van der Waals surface area contributed by atoms with Gasteiger partial charge in [-0.05, 0) is 13.3 Å². The van der Waals surface area contributed by atoms with E-state index in [2.05, 4.69) is 6.92 Å². The van der Waals surface area contributed by atoms with Crippen molar-refractivity contribution in [2.45, 2.75) is 58.4 Å². The summed E-state index contributed by atoms with van der Waals surface area (Å²) in [6, 6.07) is 0.933. The molecule has 0 rings (SSSR count). The summed E-state index contributed by atoms with van der Waals surface area (Å²) in [6.45, 7) is 4.17. The Balaban J connectivity index is 0. The van der Waals surface area contributed by atoms with Crippen molar-refractivity contribution >= 4 is 8.80 Å². The molecule has 0 aliphatic heterocycles. The van der Waals surface area contributed by atoms with Crippen LogP contribution >= 0.6 is 0 Å². The lowest BCUT2D eigenvalue weighted by Gasteiger charge is -2.24.